The SMILES string of the molecule is BN(S(=O)(=O)/C(CF)=c1\c(F)c(F)c(F)c(F)\c1=C(/F)C#C)S(=O)(=O)c1c(F)c(F)c(F)c2c(F)c(F)c(F)c(F)c12. The predicted molar refractivity (Wildman–Crippen MR) is 118 cm³/mol. The van der Waals surface area contributed by atoms with Gasteiger partial charge in [0.15, 0.2) is 69.8 Å². The average Bonchev–Trinajstić information content (AvgIpc) is 2.94. The van der Waals surface area contributed by atoms with Gasteiger partial charge in [0.2, 0.25) is 28.0 Å². The van der Waals surface area contributed by atoms with Crippen molar-refractivity contribution in [3.8, 4) is 12.3 Å². The zero-order valence-corrected chi connectivity index (χ0v) is 21.2. The normalized spacial score (nSPS) is 13.9. The van der Waals surface area contributed by atoms with Gasteiger partial charge in [-0.2, -0.15) is 4.39 Å². The smallest absolute Gasteiger partial charge is 0.245 e. The molecule has 3 rings (SSSR count). The number of alkyl halides is 1. The molecule has 0 unspecified atom stereocenters. The summed E-state index contributed by atoms with van der Waals surface area (Å²) in [4.78, 5) is -5.24. The standard InChI is InChI=1S/C21H5BF13NO4S2/c1-2-4(24)6-7(11(26)16(31)15(30)10(6)25)5(3-23)41(37,38)36(22)42(39,40)21-9-8(13(28)19(34)20(21)35)12(27)17(32)18(33)14(9)29/h1H,3,22H2/b6-4-,7-5-. The Morgan fingerprint density at radius 3 is 1.45 bits per heavy atom. The molecule has 0 bridgehead atoms. The van der Waals surface area contributed by atoms with Crippen LogP contribution >= 0.6 is 0 Å². The molecule has 0 N–H and O–H groups in total. The highest BCUT2D eigenvalue weighted by Crippen LogP contribution is 2.38. The van der Waals surface area contributed by atoms with E-state index in [-0.39, 0.29) is 7.98 Å². The third kappa shape index (κ3) is 4.48. The molecule has 224 valence electrons. The minimum atomic E-state index is -6.65. The van der Waals surface area contributed by atoms with Crippen molar-refractivity contribution in [2.75, 3.05) is 6.67 Å². The molecule has 21 heteroatoms. The van der Waals surface area contributed by atoms with E-state index in [0.717, 1.165) is 5.92 Å². The van der Waals surface area contributed by atoms with E-state index >= 15 is 0 Å². The lowest BCUT2D eigenvalue weighted by atomic mass is 10.1. The van der Waals surface area contributed by atoms with Crippen molar-refractivity contribution in [3.05, 3.63) is 74.4 Å². The van der Waals surface area contributed by atoms with Crippen molar-refractivity contribution in [3.63, 3.8) is 0 Å². The van der Waals surface area contributed by atoms with Crippen molar-refractivity contribution in [1.29, 1.82) is 0 Å². The van der Waals surface area contributed by atoms with Gasteiger partial charge in [-0.05, 0) is 5.92 Å². The first-order chi connectivity index (χ1) is 19.2. The summed E-state index contributed by atoms with van der Waals surface area (Å²) in [5, 5.41) is -9.51. The van der Waals surface area contributed by atoms with Gasteiger partial charge in [0, 0.05) is 10.6 Å². The van der Waals surface area contributed by atoms with Gasteiger partial charge in [0.05, 0.1) is 10.6 Å². The monoisotopic (exact) mass is 657 g/mol. The third-order valence-electron chi connectivity index (χ3n) is 5.56. The third-order valence-corrected chi connectivity index (χ3v) is 9.92. The van der Waals surface area contributed by atoms with E-state index in [2.05, 4.69) is 6.42 Å². The molecule has 0 amide bonds. The second kappa shape index (κ2) is 10.8. The molecule has 0 aliphatic carbocycles. The molecule has 5 nitrogen and oxygen atoms in total. The van der Waals surface area contributed by atoms with E-state index in [1.807, 2.05) is 0 Å². The van der Waals surface area contributed by atoms with Gasteiger partial charge in [0.1, 0.15) is 16.5 Å². The first kappa shape index (κ1) is 32.7. The molecule has 0 heterocycles. The second-order valence-electron chi connectivity index (χ2n) is 7.69. The summed E-state index contributed by atoms with van der Waals surface area (Å²) >= 11 is 0. The van der Waals surface area contributed by atoms with Crippen molar-refractivity contribution < 1.29 is 73.9 Å². The zero-order valence-electron chi connectivity index (χ0n) is 19.6. The summed E-state index contributed by atoms with van der Waals surface area (Å²) in [6.07, 6.45) is 4.62. The summed E-state index contributed by atoms with van der Waals surface area (Å²) in [6.45, 7) is -2.74. The second-order valence-corrected chi connectivity index (χ2v) is 11.8. The van der Waals surface area contributed by atoms with Crippen LogP contribution in [0.1, 0.15) is 0 Å². The fraction of sp³-hybridized carbons (Fsp3) is 0.0476. The lowest BCUT2D eigenvalue weighted by Gasteiger charge is -2.21. The van der Waals surface area contributed by atoms with Gasteiger partial charge in [-0.1, -0.05) is 0 Å². The number of sulfonamides is 2. The van der Waals surface area contributed by atoms with E-state index in [1.54, 1.807) is 0 Å². The summed E-state index contributed by atoms with van der Waals surface area (Å²) in [5.41, 5.74) is 0. The van der Waals surface area contributed by atoms with E-state index in [1.165, 1.54) is 0 Å². The molecule has 0 atom stereocenters. The Morgan fingerprint density at radius 2 is 1.02 bits per heavy atom. The van der Waals surface area contributed by atoms with Gasteiger partial charge >= 0.3 is 0 Å². The van der Waals surface area contributed by atoms with Crippen LogP contribution in [0.25, 0.3) is 21.5 Å². The predicted octanol–water partition coefficient (Wildman–Crippen LogP) is 2.73. The number of fused-ring (bicyclic) bond motifs is 1. The Balaban J connectivity index is 2.62. The number of benzene rings is 3. The highest BCUT2D eigenvalue weighted by atomic mass is 32.3. The Hall–Kier alpha value is -3.77. The van der Waals surface area contributed by atoms with Crippen LogP contribution in [-0.2, 0) is 20.0 Å². The molecule has 42 heavy (non-hydrogen) atoms. The van der Waals surface area contributed by atoms with Crippen LogP contribution in [0.5, 0.6) is 0 Å². The molecule has 0 fully saturated rings. The van der Waals surface area contributed by atoms with Crippen molar-refractivity contribution in [1.82, 2.24) is 3.62 Å². The fourth-order valence-corrected chi connectivity index (χ4v) is 7.01. The van der Waals surface area contributed by atoms with Gasteiger partial charge in [-0.15, -0.1) is 10.0 Å². The van der Waals surface area contributed by atoms with Crippen molar-refractivity contribution in [2.45, 2.75) is 4.90 Å². The first-order valence-corrected chi connectivity index (χ1v) is 12.9. The van der Waals surface area contributed by atoms with E-state index in [0.29, 0.717) is 0 Å². The Bertz CT molecular complexity index is 2110. The Morgan fingerprint density at radius 1 is 0.643 bits per heavy atom. The first-order valence-electron chi connectivity index (χ1n) is 10.1. The maximum Gasteiger partial charge on any atom is 0.248 e. The summed E-state index contributed by atoms with van der Waals surface area (Å²) in [6, 6.07) is 0. The van der Waals surface area contributed by atoms with Crippen LogP contribution in [-0.4, -0.2) is 35.1 Å². The van der Waals surface area contributed by atoms with E-state index in [4.69, 9.17) is 0 Å². The van der Waals surface area contributed by atoms with E-state index in [9.17, 15) is 73.9 Å². The number of hydrogen-bond donors (Lipinski definition) is 0. The summed E-state index contributed by atoms with van der Waals surface area (Å²) in [5.74, 6) is -33.3. The van der Waals surface area contributed by atoms with Crippen LogP contribution in [0.15, 0.2) is 4.90 Å². The molecule has 3 aromatic carbocycles. The Labute approximate surface area is 225 Å². The molecule has 0 radical (unpaired) electrons. The van der Waals surface area contributed by atoms with Crippen molar-refractivity contribution in [2.24, 2.45) is 0 Å². The van der Waals surface area contributed by atoms with Crippen LogP contribution in [0.4, 0.5) is 57.1 Å². The Kier molecular flexibility index (Phi) is 8.43. The minimum absolute atomic E-state index is 0.254. The van der Waals surface area contributed by atoms with Crippen molar-refractivity contribution >= 4 is 49.5 Å². The number of rotatable bonds is 5. The van der Waals surface area contributed by atoms with Gasteiger partial charge in [-0.25, -0.2) is 69.5 Å². The van der Waals surface area contributed by atoms with Crippen LogP contribution in [0, 0.1) is 76.3 Å². The molecule has 0 aliphatic rings. The van der Waals surface area contributed by atoms with Gasteiger partial charge < -0.3 is 0 Å². The lowest BCUT2D eigenvalue weighted by molar-refractivity contribution is 0.400. The maximum atomic E-state index is 14.7. The summed E-state index contributed by atoms with van der Waals surface area (Å²) in [7, 11) is -13.4. The molecule has 0 aromatic heterocycles. The minimum Gasteiger partial charge on any atom is -0.245 e. The number of hydrogen-bond acceptors (Lipinski definition) is 4. The molecule has 3 aromatic rings. The maximum absolute atomic E-state index is 14.7. The number of halogens is 13. The van der Waals surface area contributed by atoms with Crippen LogP contribution < -0.4 is 10.4 Å². The van der Waals surface area contributed by atoms with Gasteiger partial charge in [0.25, 0.3) is 0 Å². The largest absolute Gasteiger partial charge is 0.248 e. The highest BCUT2D eigenvalue weighted by molar-refractivity contribution is 8.10. The summed E-state index contributed by atoms with van der Waals surface area (Å²) < 4.78 is 235. The zero-order chi connectivity index (χ0) is 32.4. The highest BCUT2D eigenvalue weighted by Gasteiger charge is 2.42. The molecular weight excluding hydrogens is 652 g/mol. The molecular formula is C21H5BF13NO4S2. The number of terminal acetylenes is 1. The lowest BCUT2D eigenvalue weighted by Crippen LogP contribution is -2.44. The quantitative estimate of drug-likeness (QED) is 0.139. The molecule has 0 spiro atoms. The topological polar surface area (TPSA) is 71.5 Å². The molecule has 0 saturated carbocycles. The molecule has 0 aliphatic heterocycles. The van der Waals surface area contributed by atoms with Crippen LogP contribution in [0.3, 0.4) is 0 Å². The molecule has 0 saturated heterocycles. The van der Waals surface area contributed by atoms with Crippen LogP contribution in [0.2, 0.25) is 0 Å². The fourth-order valence-electron chi connectivity index (χ4n) is 3.56. The number of nitrogens with zero attached hydrogens (tertiary/aromatic N) is 1. The average molecular weight is 657 g/mol. The van der Waals surface area contributed by atoms with Gasteiger partial charge in [-0.3, -0.25) is 0 Å². The van der Waals surface area contributed by atoms with E-state index < -0.39 is 131 Å².